The largest absolute Gasteiger partial charge is 0.480 e. The zero-order chi connectivity index (χ0) is 10.9. The van der Waals surface area contributed by atoms with Gasteiger partial charge < -0.3 is 10.2 Å². The number of carboxylic acid groups (broad SMARTS) is 2. The van der Waals surface area contributed by atoms with Gasteiger partial charge in [0.25, 0.3) is 0 Å². The van der Waals surface area contributed by atoms with Crippen LogP contribution in [0.2, 0.25) is 0 Å². The van der Waals surface area contributed by atoms with Crippen LogP contribution in [0, 0.1) is 17.3 Å². The fourth-order valence-corrected chi connectivity index (χ4v) is 2.32. The molecule has 0 spiro atoms. The van der Waals surface area contributed by atoms with Gasteiger partial charge >= 0.3 is 11.9 Å². The zero-order valence-electron chi connectivity index (χ0n) is 8.49. The van der Waals surface area contributed by atoms with E-state index in [0.717, 1.165) is 6.42 Å². The Kier molecular flexibility index (Phi) is 2.83. The summed E-state index contributed by atoms with van der Waals surface area (Å²) in [5.41, 5.74) is -1.56. The number of aliphatic carboxylic acids is 2. The average molecular weight is 200 g/mol. The van der Waals surface area contributed by atoms with Crippen molar-refractivity contribution in [2.24, 2.45) is 17.3 Å². The van der Waals surface area contributed by atoms with Crippen molar-refractivity contribution in [3.05, 3.63) is 0 Å². The van der Waals surface area contributed by atoms with Crippen LogP contribution < -0.4 is 0 Å². The Morgan fingerprint density at radius 1 is 1.14 bits per heavy atom. The summed E-state index contributed by atoms with van der Waals surface area (Å²) >= 11 is 0. The summed E-state index contributed by atoms with van der Waals surface area (Å²) < 4.78 is 0. The van der Waals surface area contributed by atoms with Crippen LogP contribution in [0.5, 0.6) is 0 Å². The van der Waals surface area contributed by atoms with Crippen LogP contribution in [0.4, 0.5) is 0 Å². The minimum Gasteiger partial charge on any atom is -0.480 e. The first kappa shape index (κ1) is 11.0. The average Bonchev–Trinajstić information content (AvgIpc) is 2.08. The van der Waals surface area contributed by atoms with Crippen LogP contribution in [0.1, 0.15) is 33.1 Å². The number of carbonyl (C=O) groups is 2. The van der Waals surface area contributed by atoms with E-state index < -0.39 is 17.4 Å². The number of carboxylic acids is 2. The van der Waals surface area contributed by atoms with E-state index in [4.69, 9.17) is 10.2 Å². The van der Waals surface area contributed by atoms with Crippen LogP contribution in [-0.2, 0) is 9.59 Å². The number of rotatable bonds is 2. The Hall–Kier alpha value is -1.06. The second-order valence-corrected chi connectivity index (χ2v) is 4.37. The summed E-state index contributed by atoms with van der Waals surface area (Å²) in [6.45, 7) is 3.63. The molecule has 4 heteroatoms. The first-order chi connectivity index (χ1) is 6.41. The molecule has 1 aliphatic carbocycles. The lowest BCUT2D eigenvalue weighted by Crippen LogP contribution is -2.48. The van der Waals surface area contributed by atoms with Gasteiger partial charge in [0.1, 0.15) is 0 Å². The lowest BCUT2D eigenvalue weighted by atomic mass is 9.64. The maximum Gasteiger partial charge on any atom is 0.321 e. The summed E-state index contributed by atoms with van der Waals surface area (Å²) in [4.78, 5) is 22.2. The second-order valence-electron chi connectivity index (χ2n) is 4.37. The number of hydrogen-bond acceptors (Lipinski definition) is 2. The van der Waals surface area contributed by atoms with Gasteiger partial charge in [-0.2, -0.15) is 0 Å². The third-order valence-corrected chi connectivity index (χ3v) is 3.37. The Balaban J connectivity index is 3.05. The van der Waals surface area contributed by atoms with E-state index in [0.29, 0.717) is 6.42 Å². The molecule has 2 unspecified atom stereocenters. The van der Waals surface area contributed by atoms with Crippen molar-refractivity contribution >= 4 is 11.9 Å². The first-order valence-electron chi connectivity index (χ1n) is 4.88. The minimum absolute atomic E-state index is 0.179. The van der Waals surface area contributed by atoms with E-state index in [1.54, 1.807) is 6.92 Å². The number of hydrogen-bond donors (Lipinski definition) is 2. The quantitative estimate of drug-likeness (QED) is 0.664. The monoisotopic (exact) mass is 200 g/mol. The van der Waals surface area contributed by atoms with Gasteiger partial charge in [-0.25, -0.2) is 0 Å². The predicted molar refractivity (Wildman–Crippen MR) is 49.9 cm³/mol. The molecular weight excluding hydrogens is 184 g/mol. The van der Waals surface area contributed by atoms with Gasteiger partial charge in [-0.05, 0) is 24.7 Å². The molecule has 0 aromatic heterocycles. The summed E-state index contributed by atoms with van der Waals surface area (Å²) in [7, 11) is 0. The third kappa shape index (κ3) is 1.49. The maximum atomic E-state index is 11.1. The van der Waals surface area contributed by atoms with Crippen molar-refractivity contribution < 1.29 is 19.8 Å². The third-order valence-electron chi connectivity index (χ3n) is 3.37. The summed E-state index contributed by atoms with van der Waals surface area (Å²) in [5.74, 6) is -2.49. The van der Waals surface area contributed by atoms with Gasteiger partial charge in [0, 0.05) is 0 Å². The van der Waals surface area contributed by atoms with Gasteiger partial charge in [-0.3, -0.25) is 9.59 Å². The molecule has 1 saturated carbocycles. The molecule has 1 aliphatic rings. The van der Waals surface area contributed by atoms with E-state index in [1.165, 1.54) is 0 Å². The molecule has 2 atom stereocenters. The highest BCUT2D eigenvalue weighted by molar-refractivity contribution is 5.98. The van der Waals surface area contributed by atoms with E-state index in [-0.39, 0.29) is 18.3 Å². The molecule has 0 aromatic carbocycles. The molecule has 0 aliphatic heterocycles. The van der Waals surface area contributed by atoms with Crippen molar-refractivity contribution in [1.82, 2.24) is 0 Å². The lowest BCUT2D eigenvalue weighted by molar-refractivity contribution is -0.173. The Labute approximate surface area is 82.9 Å². The van der Waals surface area contributed by atoms with Crippen molar-refractivity contribution in [2.75, 3.05) is 0 Å². The Bertz CT molecular complexity index is 245. The highest BCUT2D eigenvalue weighted by Gasteiger charge is 2.53. The van der Waals surface area contributed by atoms with Crippen LogP contribution in [0.3, 0.4) is 0 Å². The molecule has 1 fully saturated rings. The minimum atomic E-state index is -1.56. The van der Waals surface area contributed by atoms with Crippen molar-refractivity contribution in [3.63, 3.8) is 0 Å². The standard InChI is InChI=1S/C10H16O4/c1-6-3-4-7(2)10(5-6,8(11)12)9(13)14/h6-7H,3-5H2,1-2H3,(H,11,12)(H,13,14). The molecule has 14 heavy (non-hydrogen) atoms. The normalized spacial score (nSPS) is 31.0. The molecule has 0 saturated heterocycles. The van der Waals surface area contributed by atoms with Crippen molar-refractivity contribution in [1.29, 1.82) is 0 Å². The van der Waals surface area contributed by atoms with Gasteiger partial charge in [-0.1, -0.05) is 20.3 Å². The van der Waals surface area contributed by atoms with Gasteiger partial charge in [-0.15, -0.1) is 0 Å². The first-order valence-corrected chi connectivity index (χ1v) is 4.88. The summed E-state index contributed by atoms with van der Waals surface area (Å²) in [6.07, 6.45) is 1.85. The van der Waals surface area contributed by atoms with Crippen LogP contribution in [-0.4, -0.2) is 22.2 Å². The molecule has 0 bridgehead atoms. The fraction of sp³-hybridized carbons (Fsp3) is 0.800. The molecule has 1 rings (SSSR count). The summed E-state index contributed by atoms with van der Waals surface area (Å²) in [6, 6.07) is 0. The fourth-order valence-electron chi connectivity index (χ4n) is 2.32. The maximum absolute atomic E-state index is 11.1. The molecule has 0 aromatic rings. The van der Waals surface area contributed by atoms with Crippen molar-refractivity contribution in [2.45, 2.75) is 33.1 Å². The molecule has 0 amide bonds. The molecule has 80 valence electrons. The molecule has 4 nitrogen and oxygen atoms in total. The summed E-state index contributed by atoms with van der Waals surface area (Å²) in [5, 5.41) is 18.1. The predicted octanol–water partition coefficient (Wildman–Crippen LogP) is 1.60. The van der Waals surface area contributed by atoms with Crippen LogP contribution in [0.25, 0.3) is 0 Å². The smallest absolute Gasteiger partial charge is 0.321 e. The molecule has 0 radical (unpaired) electrons. The van der Waals surface area contributed by atoms with Gasteiger partial charge in [0.05, 0.1) is 0 Å². The van der Waals surface area contributed by atoms with E-state index >= 15 is 0 Å². The SMILES string of the molecule is CC1CCC(C)C(C(=O)O)(C(=O)O)C1. The van der Waals surface area contributed by atoms with Gasteiger partial charge in [0.2, 0.25) is 0 Å². The lowest BCUT2D eigenvalue weighted by Gasteiger charge is -2.38. The second kappa shape index (κ2) is 3.59. The molecule has 0 heterocycles. The Morgan fingerprint density at radius 2 is 1.64 bits per heavy atom. The van der Waals surface area contributed by atoms with Crippen LogP contribution in [0.15, 0.2) is 0 Å². The molecule has 2 N–H and O–H groups in total. The Morgan fingerprint density at radius 3 is 2.00 bits per heavy atom. The van der Waals surface area contributed by atoms with E-state index in [1.807, 2.05) is 6.92 Å². The zero-order valence-corrected chi connectivity index (χ0v) is 8.49. The highest BCUT2D eigenvalue weighted by Crippen LogP contribution is 2.44. The highest BCUT2D eigenvalue weighted by atomic mass is 16.4. The van der Waals surface area contributed by atoms with Crippen molar-refractivity contribution in [3.8, 4) is 0 Å². The van der Waals surface area contributed by atoms with Gasteiger partial charge in [0.15, 0.2) is 5.41 Å². The topological polar surface area (TPSA) is 74.6 Å². The van der Waals surface area contributed by atoms with Crippen LogP contribution >= 0.6 is 0 Å². The van der Waals surface area contributed by atoms with E-state index in [9.17, 15) is 9.59 Å². The van der Waals surface area contributed by atoms with E-state index in [2.05, 4.69) is 0 Å². The molecular formula is C10H16O4.